The molecular weight excluding hydrogens is 412 g/mol. The fourth-order valence-corrected chi connectivity index (χ4v) is 3.87. The highest BCUT2D eigenvalue weighted by Gasteiger charge is 2.19. The summed E-state index contributed by atoms with van der Waals surface area (Å²) in [5, 5.41) is 3.07. The number of unbranched alkanes of at least 4 members (excludes halogenated alkanes) is 1. The Morgan fingerprint density at radius 2 is 1.82 bits per heavy atom. The Labute approximate surface area is 194 Å². The molecule has 1 amide bonds. The van der Waals surface area contributed by atoms with Crippen LogP contribution in [0.4, 0.5) is 0 Å². The standard InChI is InChI=1S/C27H30N4O2/c1-19-10-11-23(18-20(19)2)33-17-7-6-16-31-25-9-5-4-8-24(25)30-26(31)21(3)29-27(32)22-12-14-28-15-13-22/h4-5,8-15,18,21H,6-7,16-17H2,1-3H3,(H,29,32). The first kappa shape index (κ1) is 22.5. The highest BCUT2D eigenvalue weighted by atomic mass is 16.5. The molecular formula is C27H30N4O2. The van der Waals surface area contributed by atoms with Gasteiger partial charge in [0, 0.05) is 24.5 Å². The lowest BCUT2D eigenvalue weighted by Gasteiger charge is -2.16. The van der Waals surface area contributed by atoms with Crippen LogP contribution >= 0.6 is 0 Å². The molecule has 0 fully saturated rings. The van der Waals surface area contributed by atoms with Crippen LogP contribution in [-0.2, 0) is 6.54 Å². The third-order valence-corrected chi connectivity index (χ3v) is 5.88. The number of benzene rings is 2. The van der Waals surface area contributed by atoms with E-state index in [-0.39, 0.29) is 11.9 Å². The summed E-state index contributed by atoms with van der Waals surface area (Å²) in [6.07, 6.45) is 5.11. The molecule has 0 saturated heterocycles. The van der Waals surface area contributed by atoms with Gasteiger partial charge in [-0.2, -0.15) is 0 Å². The Balaban J connectivity index is 1.41. The maximum atomic E-state index is 12.6. The minimum absolute atomic E-state index is 0.134. The van der Waals surface area contributed by atoms with Gasteiger partial charge < -0.3 is 14.6 Å². The van der Waals surface area contributed by atoms with Gasteiger partial charge in [0.25, 0.3) is 5.91 Å². The monoisotopic (exact) mass is 442 g/mol. The first-order valence-electron chi connectivity index (χ1n) is 11.4. The average molecular weight is 443 g/mol. The number of hydrogen-bond acceptors (Lipinski definition) is 4. The molecule has 4 aromatic rings. The van der Waals surface area contributed by atoms with Crippen molar-refractivity contribution in [3.8, 4) is 5.75 Å². The number of aromatic nitrogens is 3. The van der Waals surface area contributed by atoms with E-state index in [1.54, 1.807) is 24.5 Å². The van der Waals surface area contributed by atoms with Crippen molar-refractivity contribution < 1.29 is 9.53 Å². The smallest absolute Gasteiger partial charge is 0.251 e. The fourth-order valence-electron chi connectivity index (χ4n) is 3.87. The van der Waals surface area contributed by atoms with Crippen molar-refractivity contribution in [3.05, 3.63) is 89.5 Å². The van der Waals surface area contributed by atoms with E-state index in [4.69, 9.17) is 9.72 Å². The minimum atomic E-state index is -0.232. The maximum Gasteiger partial charge on any atom is 0.251 e. The SMILES string of the molecule is Cc1ccc(OCCCCn2c(C(C)NC(=O)c3ccncc3)nc3ccccc32)cc1C. The first-order valence-corrected chi connectivity index (χ1v) is 11.4. The zero-order chi connectivity index (χ0) is 23.2. The molecule has 0 radical (unpaired) electrons. The maximum absolute atomic E-state index is 12.6. The number of pyridine rings is 1. The lowest BCUT2D eigenvalue weighted by molar-refractivity contribution is 0.0937. The minimum Gasteiger partial charge on any atom is -0.494 e. The van der Waals surface area contributed by atoms with Gasteiger partial charge in [0.1, 0.15) is 11.6 Å². The van der Waals surface area contributed by atoms with Gasteiger partial charge in [-0.05, 0) is 81.1 Å². The molecule has 0 bridgehead atoms. The predicted molar refractivity (Wildman–Crippen MR) is 130 cm³/mol. The number of hydrogen-bond donors (Lipinski definition) is 1. The van der Waals surface area contributed by atoms with Gasteiger partial charge in [0.15, 0.2) is 0 Å². The van der Waals surface area contributed by atoms with Crippen molar-refractivity contribution >= 4 is 16.9 Å². The Morgan fingerprint density at radius 1 is 1.03 bits per heavy atom. The molecule has 0 aliphatic heterocycles. The van der Waals surface area contributed by atoms with Gasteiger partial charge in [-0.25, -0.2) is 4.98 Å². The summed E-state index contributed by atoms with van der Waals surface area (Å²) in [6, 6.07) is 17.5. The number of nitrogens with zero attached hydrogens (tertiary/aromatic N) is 3. The van der Waals surface area contributed by atoms with E-state index in [9.17, 15) is 4.79 Å². The number of aryl methyl sites for hydroxylation is 3. The second-order valence-electron chi connectivity index (χ2n) is 8.34. The molecule has 0 aliphatic carbocycles. The van der Waals surface area contributed by atoms with Gasteiger partial charge in [-0.15, -0.1) is 0 Å². The average Bonchev–Trinajstić information content (AvgIpc) is 3.20. The molecule has 2 aromatic heterocycles. The van der Waals surface area contributed by atoms with Crippen molar-refractivity contribution in [1.82, 2.24) is 19.9 Å². The molecule has 6 nitrogen and oxygen atoms in total. The Morgan fingerprint density at radius 3 is 2.61 bits per heavy atom. The highest BCUT2D eigenvalue weighted by molar-refractivity contribution is 5.94. The Kier molecular flexibility index (Phi) is 7.03. The summed E-state index contributed by atoms with van der Waals surface area (Å²) in [4.78, 5) is 21.4. The number of amides is 1. The highest BCUT2D eigenvalue weighted by Crippen LogP contribution is 2.22. The zero-order valence-electron chi connectivity index (χ0n) is 19.4. The largest absolute Gasteiger partial charge is 0.494 e. The van der Waals surface area contributed by atoms with E-state index in [2.05, 4.69) is 46.9 Å². The van der Waals surface area contributed by atoms with Gasteiger partial charge >= 0.3 is 0 Å². The van der Waals surface area contributed by atoms with Crippen LogP contribution in [0.25, 0.3) is 11.0 Å². The number of carbonyl (C=O) groups excluding carboxylic acids is 1. The Bertz CT molecular complexity index is 1230. The summed E-state index contributed by atoms with van der Waals surface area (Å²) < 4.78 is 8.15. The van der Waals surface area contributed by atoms with E-state index >= 15 is 0 Å². The summed E-state index contributed by atoms with van der Waals surface area (Å²) in [7, 11) is 0. The summed E-state index contributed by atoms with van der Waals surface area (Å²) in [5.41, 5.74) is 5.11. The van der Waals surface area contributed by atoms with Crippen molar-refractivity contribution in [2.24, 2.45) is 0 Å². The van der Waals surface area contributed by atoms with Gasteiger partial charge in [0.2, 0.25) is 0 Å². The number of nitrogens with one attached hydrogen (secondary N) is 1. The molecule has 1 N–H and O–H groups in total. The summed E-state index contributed by atoms with van der Waals surface area (Å²) in [6.45, 7) is 7.65. The van der Waals surface area contributed by atoms with Crippen molar-refractivity contribution in [2.75, 3.05) is 6.61 Å². The topological polar surface area (TPSA) is 69.0 Å². The summed E-state index contributed by atoms with van der Waals surface area (Å²) >= 11 is 0. The third-order valence-electron chi connectivity index (χ3n) is 5.88. The van der Waals surface area contributed by atoms with Crippen molar-refractivity contribution in [2.45, 2.75) is 46.2 Å². The summed E-state index contributed by atoms with van der Waals surface area (Å²) in [5.74, 6) is 1.64. The molecule has 0 saturated carbocycles. The second kappa shape index (κ2) is 10.3. The molecule has 1 unspecified atom stereocenters. The number of fused-ring (bicyclic) bond motifs is 1. The second-order valence-corrected chi connectivity index (χ2v) is 8.34. The quantitative estimate of drug-likeness (QED) is 0.353. The van der Waals surface area contributed by atoms with Crippen LogP contribution in [0.3, 0.4) is 0 Å². The first-order chi connectivity index (χ1) is 16.0. The van der Waals surface area contributed by atoms with Gasteiger partial charge in [-0.3, -0.25) is 9.78 Å². The molecule has 2 aromatic carbocycles. The number of rotatable bonds is 9. The molecule has 0 spiro atoms. The predicted octanol–water partition coefficient (Wildman–Crippen LogP) is 5.40. The van der Waals surface area contributed by atoms with E-state index in [1.807, 2.05) is 31.2 Å². The van der Waals surface area contributed by atoms with Gasteiger partial charge in [-0.1, -0.05) is 18.2 Å². The molecule has 2 heterocycles. The number of carbonyl (C=O) groups is 1. The van der Waals surface area contributed by atoms with Crippen LogP contribution in [0.1, 0.15) is 53.1 Å². The van der Waals surface area contributed by atoms with Crippen molar-refractivity contribution in [1.29, 1.82) is 0 Å². The molecule has 33 heavy (non-hydrogen) atoms. The molecule has 4 rings (SSSR count). The van der Waals surface area contributed by atoms with Crippen LogP contribution in [0, 0.1) is 13.8 Å². The van der Waals surface area contributed by atoms with Gasteiger partial charge in [0.05, 0.1) is 23.7 Å². The van der Waals surface area contributed by atoms with Crippen LogP contribution in [-0.4, -0.2) is 27.0 Å². The number of para-hydroxylation sites is 2. The van der Waals surface area contributed by atoms with E-state index in [0.717, 1.165) is 42.0 Å². The van der Waals surface area contributed by atoms with E-state index in [1.165, 1.54) is 11.1 Å². The molecule has 0 aliphatic rings. The number of imidazole rings is 1. The third kappa shape index (κ3) is 5.40. The van der Waals surface area contributed by atoms with Crippen molar-refractivity contribution in [3.63, 3.8) is 0 Å². The fraction of sp³-hybridized carbons (Fsp3) is 0.296. The Hall–Kier alpha value is -3.67. The van der Waals surface area contributed by atoms with E-state index < -0.39 is 0 Å². The van der Waals surface area contributed by atoms with Crippen LogP contribution in [0.2, 0.25) is 0 Å². The molecule has 170 valence electrons. The molecule has 6 heteroatoms. The van der Waals surface area contributed by atoms with Crippen LogP contribution in [0.5, 0.6) is 5.75 Å². The zero-order valence-corrected chi connectivity index (χ0v) is 19.4. The lowest BCUT2D eigenvalue weighted by atomic mass is 10.1. The lowest BCUT2D eigenvalue weighted by Crippen LogP contribution is -2.28. The normalized spacial score (nSPS) is 12.0. The van der Waals surface area contributed by atoms with E-state index in [0.29, 0.717) is 12.2 Å². The van der Waals surface area contributed by atoms with Crippen LogP contribution < -0.4 is 10.1 Å². The number of ether oxygens (including phenoxy) is 1. The molecule has 1 atom stereocenters. The van der Waals surface area contributed by atoms with Crippen LogP contribution in [0.15, 0.2) is 67.0 Å².